The fraction of sp³-hybridized carbons (Fsp3) is 0.333. The Morgan fingerprint density at radius 2 is 1.79 bits per heavy atom. The Balaban J connectivity index is 2.03. The Morgan fingerprint density at radius 3 is 2.54 bits per heavy atom. The van der Waals surface area contributed by atoms with Crippen LogP contribution >= 0.6 is 0 Å². The highest BCUT2D eigenvalue weighted by molar-refractivity contribution is 5.86. The standard InChI is InChI=1S/C21H26N2O/c1-4-24-20-12-8-5-9-16(20)13-17(14-22)21-15(2)23(3)19-11-7-6-10-18(19)21/h5-12,17H,4,13-14,22H2,1-3H3. The molecular formula is C21H26N2O. The van der Waals surface area contributed by atoms with Gasteiger partial charge in [-0.25, -0.2) is 0 Å². The smallest absolute Gasteiger partial charge is 0.122 e. The van der Waals surface area contributed by atoms with Crippen molar-refractivity contribution in [3.05, 3.63) is 65.4 Å². The summed E-state index contributed by atoms with van der Waals surface area (Å²) in [7, 11) is 2.13. The zero-order chi connectivity index (χ0) is 17.1. The minimum absolute atomic E-state index is 0.276. The van der Waals surface area contributed by atoms with Gasteiger partial charge in [0.05, 0.1) is 6.61 Å². The molecule has 3 heteroatoms. The summed E-state index contributed by atoms with van der Waals surface area (Å²) in [4.78, 5) is 0. The van der Waals surface area contributed by atoms with Crippen molar-refractivity contribution in [2.45, 2.75) is 26.2 Å². The van der Waals surface area contributed by atoms with E-state index < -0.39 is 0 Å². The number of nitrogens with zero attached hydrogens (tertiary/aromatic N) is 1. The normalized spacial score (nSPS) is 12.5. The highest BCUT2D eigenvalue weighted by Gasteiger charge is 2.21. The van der Waals surface area contributed by atoms with Gasteiger partial charge in [-0.3, -0.25) is 0 Å². The molecule has 3 aromatic rings. The molecule has 0 fully saturated rings. The van der Waals surface area contributed by atoms with E-state index >= 15 is 0 Å². The Bertz CT molecular complexity index is 835. The van der Waals surface area contributed by atoms with Crippen LogP contribution < -0.4 is 10.5 Å². The van der Waals surface area contributed by atoms with Gasteiger partial charge in [-0.05, 0) is 50.1 Å². The van der Waals surface area contributed by atoms with Crippen LogP contribution in [0.1, 0.15) is 29.7 Å². The molecular weight excluding hydrogens is 296 g/mol. The zero-order valence-corrected chi connectivity index (χ0v) is 14.8. The molecule has 1 unspecified atom stereocenters. The molecule has 126 valence electrons. The van der Waals surface area contributed by atoms with Gasteiger partial charge in [0, 0.05) is 29.6 Å². The van der Waals surface area contributed by atoms with Crippen molar-refractivity contribution in [3.8, 4) is 5.75 Å². The first-order chi connectivity index (χ1) is 11.7. The molecule has 0 aliphatic heterocycles. The number of nitrogens with two attached hydrogens (primary N) is 1. The molecule has 0 radical (unpaired) electrons. The number of aromatic nitrogens is 1. The maximum Gasteiger partial charge on any atom is 0.122 e. The Kier molecular flexibility index (Phi) is 4.91. The van der Waals surface area contributed by atoms with Gasteiger partial charge < -0.3 is 15.0 Å². The average molecular weight is 322 g/mol. The highest BCUT2D eigenvalue weighted by Crippen LogP contribution is 2.34. The fourth-order valence-electron chi connectivity index (χ4n) is 3.60. The minimum atomic E-state index is 0.276. The second-order valence-corrected chi connectivity index (χ2v) is 6.25. The first kappa shape index (κ1) is 16.6. The lowest BCUT2D eigenvalue weighted by molar-refractivity contribution is 0.335. The lowest BCUT2D eigenvalue weighted by Crippen LogP contribution is -2.16. The van der Waals surface area contributed by atoms with Gasteiger partial charge in [-0.1, -0.05) is 36.4 Å². The van der Waals surface area contributed by atoms with E-state index in [9.17, 15) is 0 Å². The van der Waals surface area contributed by atoms with Crippen molar-refractivity contribution in [2.75, 3.05) is 13.2 Å². The summed E-state index contributed by atoms with van der Waals surface area (Å²) in [6, 6.07) is 16.9. The van der Waals surface area contributed by atoms with Crippen molar-refractivity contribution in [1.29, 1.82) is 0 Å². The van der Waals surface area contributed by atoms with Crippen molar-refractivity contribution in [1.82, 2.24) is 4.57 Å². The van der Waals surface area contributed by atoms with Gasteiger partial charge >= 0.3 is 0 Å². The molecule has 0 saturated heterocycles. The van der Waals surface area contributed by atoms with Gasteiger partial charge in [0.2, 0.25) is 0 Å². The van der Waals surface area contributed by atoms with Crippen LogP contribution in [0.15, 0.2) is 48.5 Å². The van der Waals surface area contributed by atoms with Crippen LogP contribution in [0, 0.1) is 6.92 Å². The second kappa shape index (κ2) is 7.10. The number of benzene rings is 2. The van der Waals surface area contributed by atoms with Gasteiger partial charge in [-0.15, -0.1) is 0 Å². The molecule has 0 spiro atoms. The Hall–Kier alpha value is -2.26. The van der Waals surface area contributed by atoms with Crippen LogP contribution in [0.4, 0.5) is 0 Å². The largest absolute Gasteiger partial charge is 0.494 e. The van der Waals surface area contributed by atoms with Crippen molar-refractivity contribution in [3.63, 3.8) is 0 Å². The second-order valence-electron chi connectivity index (χ2n) is 6.25. The molecule has 0 saturated carbocycles. The van der Waals surface area contributed by atoms with Crippen molar-refractivity contribution in [2.24, 2.45) is 12.8 Å². The van der Waals surface area contributed by atoms with Gasteiger partial charge in [0.1, 0.15) is 5.75 Å². The summed E-state index contributed by atoms with van der Waals surface area (Å²) in [6.45, 7) is 5.51. The van der Waals surface area contributed by atoms with Crippen LogP contribution in [0.25, 0.3) is 10.9 Å². The summed E-state index contributed by atoms with van der Waals surface area (Å²) >= 11 is 0. The van der Waals surface area contributed by atoms with E-state index in [0.29, 0.717) is 13.2 Å². The summed E-state index contributed by atoms with van der Waals surface area (Å²) in [5.41, 5.74) is 11.3. The van der Waals surface area contributed by atoms with E-state index in [1.54, 1.807) is 0 Å². The molecule has 0 bridgehead atoms. The number of para-hydroxylation sites is 2. The third kappa shape index (κ3) is 2.92. The van der Waals surface area contributed by atoms with E-state index in [4.69, 9.17) is 10.5 Å². The molecule has 3 rings (SSSR count). The van der Waals surface area contributed by atoms with Crippen LogP contribution in [0.3, 0.4) is 0 Å². The molecule has 0 amide bonds. The predicted molar refractivity (Wildman–Crippen MR) is 101 cm³/mol. The molecule has 2 N–H and O–H groups in total. The SMILES string of the molecule is CCOc1ccccc1CC(CN)c1c(C)n(C)c2ccccc12. The van der Waals surface area contributed by atoms with Crippen LogP contribution in [0.2, 0.25) is 0 Å². The minimum Gasteiger partial charge on any atom is -0.494 e. The summed E-state index contributed by atoms with van der Waals surface area (Å²) in [5, 5.41) is 1.31. The molecule has 1 heterocycles. The lowest BCUT2D eigenvalue weighted by atomic mass is 9.89. The Labute approximate surface area is 144 Å². The third-order valence-electron chi connectivity index (χ3n) is 4.88. The average Bonchev–Trinajstić information content (AvgIpc) is 2.86. The van der Waals surface area contributed by atoms with Crippen molar-refractivity contribution >= 4 is 10.9 Å². The van der Waals surface area contributed by atoms with E-state index in [-0.39, 0.29) is 5.92 Å². The number of hydrogen-bond acceptors (Lipinski definition) is 2. The van der Waals surface area contributed by atoms with Crippen LogP contribution in [-0.2, 0) is 13.5 Å². The lowest BCUT2D eigenvalue weighted by Gasteiger charge is -2.18. The molecule has 1 aromatic heterocycles. The molecule has 2 aromatic carbocycles. The first-order valence-electron chi connectivity index (χ1n) is 8.62. The number of rotatable bonds is 6. The van der Waals surface area contributed by atoms with E-state index in [1.165, 1.54) is 27.7 Å². The third-order valence-corrected chi connectivity index (χ3v) is 4.88. The number of fused-ring (bicyclic) bond motifs is 1. The molecule has 0 aliphatic rings. The predicted octanol–water partition coefficient (Wildman–Crippen LogP) is 4.17. The topological polar surface area (TPSA) is 40.2 Å². The first-order valence-corrected chi connectivity index (χ1v) is 8.62. The molecule has 3 nitrogen and oxygen atoms in total. The number of aryl methyl sites for hydroxylation is 1. The Morgan fingerprint density at radius 1 is 1.08 bits per heavy atom. The van der Waals surface area contributed by atoms with Crippen LogP contribution in [0.5, 0.6) is 5.75 Å². The van der Waals surface area contributed by atoms with E-state index in [1.807, 2.05) is 19.1 Å². The van der Waals surface area contributed by atoms with Crippen LogP contribution in [-0.4, -0.2) is 17.7 Å². The van der Waals surface area contributed by atoms with Gasteiger partial charge in [0.25, 0.3) is 0 Å². The highest BCUT2D eigenvalue weighted by atomic mass is 16.5. The summed E-state index contributed by atoms with van der Waals surface area (Å²) < 4.78 is 8.06. The van der Waals surface area contributed by atoms with Gasteiger partial charge in [-0.2, -0.15) is 0 Å². The summed E-state index contributed by atoms with van der Waals surface area (Å²) in [5.74, 6) is 1.24. The molecule has 0 aliphatic carbocycles. The van der Waals surface area contributed by atoms with Gasteiger partial charge in [0.15, 0.2) is 0 Å². The van der Waals surface area contributed by atoms with E-state index in [2.05, 4.69) is 54.9 Å². The fourth-order valence-corrected chi connectivity index (χ4v) is 3.60. The van der Waals surface area contributed by atoms with Crippen molar-refractivity contribution < 1.29 is 4.74 Å². The number of ether oxygens (including phenoxy) is 1. The zero-order valence-electron chi connectivity index (χ0n) is 14.8. The molecule has 1 atom stereocenters. The van der Waals surface area contributed by atoms with E-state index in [0.717, 1.165) is 12.2 Å². The molecule has 24 heavy (non-hydrogen) atoms. The maximum absolute atomic E-state index is 6.20. The maximum atomic E-state index is 6.20. The summed E-state index contributed by atoms with van der Waals surface area (Å²) in [6.07, 6.45) is 0.890. The monoisotopic (exact) mass is 322 g/mol. The number of hydrogen-bond donors (Lipinski definition) is 1. The quantitative estimate of drug-likeness (QED) is 0.740.